The number of carboxylic acids is 1. The van der Waals surface area contributed by atoms with Crippen molar-refractivity contribution in [3.63, 3.8) is 0 Å². The van der Waals surface area contributed by atoms with E-state index in [1.165, 1.54) is 12.1 Å². The summed E-state index contributed by atoms with van der Waals surface area (Å²) in [5.41, 5.74) is 0.172. The van der Waals surface area contributed by atoms with Gasteiger partial charge in [-0.3, -0.25) is 9.59 Å². The fourth-order valence-electron chi connectivity index (χ4n) is 1.93. The number of benzene rings is 1. The Morgan fingerprint density at radius 1 is 1.39 bits per heavy atom. The Morgan fingerprint density at radius 2 is 2.11 bits per heavy atom. The first-order valence-corrected chi connectivity index (χ1v) is 5.44. The van der Waals surface area contributed by atoms with Crippen LogP contribution in [0.15, 0.2) is 18.2 Å². The Balaban J connectivity index is 2.00. The fourth-order valence-corrected chi connectivity index (χ4v) is 1.93. The van der Waals surface area contributed by atoms with Gasteiger partial charge in [0, 0.05) is 5.92 Å². The zero-order chi connectivity index (χ0) is 13.3. The minimum atomic E-state index is -1.14. The highest BCUT2D eigenvalue weighted by Crippen LogP contribution is 2.48. The lowest BCUT2D eigenvalue weighted by molar-refractivity contribution is -0.138. The number of nitrogens with one attached hydrogen (secondary N) is 1. The van der Waals surface area contributed by atoms with Crippen molar-refractivity contribution in [3.8, 4) is 0 Å². The first-order valence-electron chi connectivity index (χ1n) is 5.44. The number of amides is 1. The minimum absolute atomic E-state index is 0.172. The molecule has 0 spiro atoms. The molecule has 0 heterocycles. The van der Waals surface area contributed by atoms with Crippen molar-refractivity contribution in [2.75, 3.05) is 6.54 Å². The van der Waals surface area contributed by atoms with Crippen LogP contribution in [0.25, 0.3) is 0 Å². The molecule has 1 aliphatic rings. The van der Waals surface area contributed by atoms with Crippen LogP contribution in [-0.4, -0.2) is 23.5 Å². The number of halogens is 2. The van der Waals surface area contributed by atoms with Gasteiger partial charge < -0.3 is 10.4 Å². The second kappa shape index (κ2) is 4.72. The van der Waals surface area contributed by atoms with Crippen molar-refractivity contribution >= 4 is 11.9 Å². The van der Waals surface area contributed by atoms with Crippen LogP contribution in [0, 0.1) is 17.6 Å². The van der Waals surface area contributed by atoms with Gasteiger partial charge in [0.25, 0.3) is 0 Å². The van der Waals surface area contributed by atoms with Crippen LogP contribution >= 0.6 is 0 Å². The molecule has 0 saturated heterocycles. The van der Waals surface area contributed by atoms with Gasteiger partial charge in [-0.15, -0.1) is 0 Å². The molecule has 1 aliphatic carbocycles. The topological polar surface area (TPSA) is 66.4 Å². The van der Waals surface area contributed by atoms with Crippen LogP contribution in [0.2, 0.25) is 0 Å². The third-order valence-electron chi connectivity index (χ3n) is 2.92. The average molecular weight is 255 g/mol. The maximum Gasteiger partial charge on any atom is 0.322 e. The Kier molecular flexibility index (Phi) is 3.27. The zero-order valence-corrected chi connectivity index (χ0v) is 9.32. The lowest BCUT2D eigenvalue weighted by atomic mass is 10.1. The molecule has 2 atom stereocenters. The molecule has 1 saturated carbocycles. The second-order valence-corrected chi connectivity index (χ2v) is 4.20. The van der Waals surface area contributed by atoms with E-state index in [0.717, 1.165) is 6.07 Å². The molecule has 0 aromatic heterocycles. The standard InChI is InChI=1S/C12H11F2NO3/c13-9-3-1-2-6(11(9)14)7-4-8(7)12(18)15-5-10(16)17/h1-3,7-8H,4-5H2,(H,15,18)(H,16,17). The highest BCUT2D eigenvalue weighted by Gasteiger charge is 2.45. The molecule has 0 aliphatic heterocycles. The first-order chi connectivity index (χ1) is 8.50. The van der Waals surface area contributed by atoms with Crippen molar-refractivity contribution in [3.05, 3.63) is 35.4 Å². The van der Waals surface area contributed by atoms with E-state index in [2.05, 4.69) is 5.32 Å². The number of rotatable bonds is 4. The average Bonchev–Trinajstić information content (AvgIpc) is 3.09. The van der Waals surface area contributed by atoms with Gasteiger partial charge in [-0.2, -0.15) is 0 Å². The maximum atomic E-state index is 13.4. The van der Waals surface area contributed by atoms with Gasteiger partial charge in [0.05, 0.1) is 0 Å². The summed E-state index contributed by atoms with van der Waals surface area (Å²) in [4.78, 5) is 21.8. The molecule has 4 nitrogen and oxygen atoms in total. The summed E-state index contributed by atoms with van der Waals surface area (Å²) in [5, 5.41) is 10.6. The number of carbonyl (C=O) groups is 2. The Bertz CT molecular complexity index is 504. The van der Waals surface area contributed by atoms with Crippen molar-refractivity contribution in [2.45, 2.75) is 12.3 Å². The van der Waals surface area contributed by atoms with Crippen LogP contribution in [0.4, 0.5) is 8.78 Å². The van der Waals surface area contributed by atoms with Gasteiger partial charge in [0.1, 0.15) is 6.54 Å². The molecule has 1 amide bonds. The summed E-state index contributed by atoms with van der Waals surface area (Å²) >= 11 is 0. The molecule has 18 heavy (non-hydrogen) atoms. The Morgan fingerprint density at radius 3 is 2.78 bits per heavy atom. The summed E-state index contributed by atoms with van der Waals surface area (Å²) < 4.78 is 26.4. The van der Waals surface area contributed by atoms with E-state index >= 15 is 0 Å². The Labute approximate surface area is 102 Å². The molecular weight excluding hydrogens is 244 g/mol. The van der Waals surface area contributed by atoms with Gasteiger partial charge in [0.15, 0.2) is 11.6 Å². The second-order valence-electron chi connectivity index (χ2n) is 4.20. The van der Waals surface area contributed by atoms with E-state index in [4.69, 9.17) is 5.11 Å². The maximum absolute atomic E-state index is 13.4. The number of carboxylic acid groups (broad SMARTS) is 1. The van der Waals surface area contributed by atoms with Gasteiger partial charge in [0.2, 0.25) is 5.91 Å². The molecule has 0 bridgehead atoms. The van der Waals surface area contributed by atoms with Gasteiger partial charge >= 0.3 is 5.97 Å². The van der Waals surface area contributed by atoms with Crippen LogP contribution in [0.5, 0.6) is 0 Å². The molecule has 1 fully saturated rings. The fraction of sp³-hybridized carbons (Fsp3) is 0.333. The smallest absolute Gasteiger partial charge is 0.322 e. The van der Waals surface area contributed by atoms with Crippen LogP contribution in [0.3, 0.4) is 0 Å². The third kappa shape index (κ3) is 2.47. The van der Waals surface area contributed by atoms with E-state index in [1.807, 2.05) is 0 Å². The normalized spacial score (nSPS) is 21.4. The van der Waals surface area contributed by atoms with Crippen molar-refractivity contribution in [1.29, 1.82) is 0 Å². The summed E-state index contributed by atoms with van der Waals surface area (Å²) in [5.74, 6) is -4.29. The Hall–Kier alpha value is -1.98. The monoisotopic (exact) mass is 255 g/mol. The summed E-state index contributed by atoms with van der Waals surface area (Å²) in [7, 11) is 0. The van der Waals surface area contributed by atoms with Crippen LogP contribution in [0.1, 0.15) is 17.9 Å². The number of hydrogen-bond acceptors (Lipinski definition) is 2. The van der Waals surface area contributed by atoms with Gasteiger partial charge in [-0.05, 0) is 24.0 Å². The number of hydrogen-bond donors (Lipinski definition) is 2. The van der Waals surface area contributed by atoms with Crippen molar-refractivity contribution in [2.24, 2.45) is 5.92 Å². The molecular formula is C12H11F2NO3. The van der Waals surface area contributed by atoms with E-state index in [-0.39, 0.29) is 11.5 Å². The number of aliphatic carboxylic acids is 1. The van der Waals surface area contributed by atoms with Gasteiger partial charge in [-0.1, -0.05) is 12.1 Å². The number of carbonyl (C=O) groups excluding carboxylic acids is 1. The SMILES string of the molecule is O=C(O)CNC(=O)C1CC1c1cccc(F)c1F. The highest BCUT2D eigenvalue weighted by atomic mass is 19.2. The van der Waals surface area contributed by atoms with Crippen molar-refractivity contribution in [1.82, 2.24) is 5.32 Å². The van der Waals surface area contributed by atoms with E-state index in [9.17, 15) is 18.4 Å². The summed E-state index contributed by atoms with van der Waals surface area (Å²) in [6, 6.07) is 3.84. The largest absolute Gasteiger partial charge is 0.480 e. The molecule has 1 aromatic rings. The lowest BCUT2D eigenvalue weighted by Gasteiger charge is -2.04. The van der Waals surface area contributed by atoms with Gasteiger partial charge in [-0.25, -0.2) is 8.78 Å². The van der Waals surface area contributed by atoms with Crippen LogP contribution < -0.4 is 5.32 Å². The lowest BCUT2D eigenvalue weighted by Crippen LogP contribution is -2.30. The van der Waals surface area contributed by atoms with E-state index < -0.39 is 36.0 Å². The molecule has 2 N–H and O–H groups in total. The van der Waals surface area contributed by atoms with Crippen molar-refractivity contribution < 1.29 is 23.5 Å². The highest BCUT2D eigenvalue weighted by molar-refractivity contribution is 5.85. The predicted octanol–water partition coefficient (Wildman–Crippen LogP) is 1.27. The third-order valence-corrected chi connectivity index (χ3v) is 2.92. The molecule has 2 unspecified atom stereocenters. The van der Waals surface area contributed by atoms with Crippen LogP contribution in [-0.2, 0) is 9.59 Å². The molecule has 96 valence electrons. The van der Waals surface area contributed by atoms with E-state index in [0.29, 0.717) is 6.42 Å². The predicted molar refractivity (Wildman–Crippen MR) is 57.9 cm³/mol. The summed E-state index contributed by atoms with van der Waals surface area (Å²) in [6.45, 7) is -0.465. The molecule has 6 heteroatoms. The zero-order valence-electron chi connectivity index (χ0n) is 9.32. The minimum Gasteiger partial charge on any atom is -0.480 e. The first kappa shape index (κ1) is 12.5. The summed E-state index contributed by atoms with van der Waals surface area (Å²) in [6.07, 6.45) is 0.409. The molecule has 1 aromatic carbocycles. The quantitative estimate of drug-likeness (QED) is 0.851. The van der Waals surface area contributed by atoms with E-state index in [1.54, 1.807) is 0 Å². The molecule has 0 radical (unpaired) electrons. The molecule has 2 rings (SSSR count).